The van der Waals surface area contributed by atoms with Crippen LogP contribution in [0.4, 0.5) is 0 Å². The molecule has 1 saturated carbocycles. The van der Waals surface area contributed by atoms with Crippen molar-refractivity contribution in [3.63, 3.8) is 0 Å². The topological polar surface area (TPSA) is 50.4 Å². The SMILES string of the molecule is O=C(CC1COCCN1)NC(c1cccs1)C1CC1. The molecule has 0 spiro atoms. The van der Waals surface area contributed by atoms with Crippen molar-refractivity contribution in [3.05, 3.63) is 22.4 Å². The Kier molecular flexibility index (Phi) is 4.15. The van der Waals surface area contributed by atoms with Gasteiger partial charge in [-0.05, 0) is 30.2 Å². The predicted molar refractivity (Wildman–Crippen MR) is 75.2 cm³/mol. The van der Waals surface area contributed by atoms with Crippen molar-refractivity contribution < 1.29 is 9.53 Å². The number of hydrogen-bond donors (Lipinski definition) is 2. The van der Waals surface area contributed by atoms with Crippen molar-refractivity contribution in [1.29, 1.82) is 0 Å². The lowest BCUT2D eigenvalue weighted by molar-refractivity contribution is -0.123. The van der Waals surface area contributed by atoms with Crippen LogP contribution in [0.3, 0.4) is 0 Å². The average molecular weight is 280 g/mol. The van der Waals surface area contributed by atoms with Gasteiger partial charge in [-0.3, -0.25) is 4.79 Å². The first-order valence-corrected chi connectivity index (χ1v) is 7.85. The number of thiophene rings is 1. The minimum absolute atomic E-state index is 0.133. The summed E-state index contributed by atoms with van der Waals surface area (Å²) in [4.78, 5) is 13.4. The monoisotopic (exact) mass is 280 g/mol. The van der Waals surface area contributed by atoms with Gasteiger partial charge < -0.3 is 15.4 Å². The van der Waals surface area contributed by atoms with Crippen LogP contribution >= 0.6 is 11.3 Å². The van der Waals surface area contributed by atoms with E-state index < -0.39 is 0 Å². The minimum Gasteiger partial charge on any atom is -0.378 e. The molecular formula is C14H20N2O2S. The molecule has 2 unspecified atom stereocenters. The first-order chi connectivity index (χ1) is 9.33. The number of carbonyl (C=O) groups excluding carboxylic acids is 1. The Bertz CT molecular complexity index is 411. The van der Waals surface area contributed by atoms with Crippen LogP contribution in [-0.4, -0.2) is 31.7 Å². The van der Waals surface area contributed by atoms with Gasteiger partial charge in [0.25, 0.3) is 0 Å². The standard InChI is InChI=1S/C14H20N2O2S/c17-13(8-11-9-18-6-5-15-11)16-14(10-3-4-10)12-2-1-7-19-12/h1-2,7,10-11,14-15H,3-6,8-9H2,(H,16,17). The Labute approximate surface area is 117 Å². The van der Waals surface area contributed by atoms with Crippen LogP contribution in [0.15, 0.2) is 17.5 Å². The lowest BCUT2D eigenvalue weighted by Crippen LogP contribution is -2.44. The Morgan fingerprint density at radius 3 is 3.11 bits per heavy atom. The zero-order valence-corrected chi connectivity index (χ0v) is 11.7. The molecule has 19 heavy (non-hydrogen) atoms. The third-order valence-corrected chi connectivity index (χ3v) is 4.65. The minimum atomic E-state index is 0.133. The van der Waals surface area contributed by atoms with Crippen molar-refractivity contribution in [2.24, 2.45) is 5.92 Å². The van der Waals surface area contributed by atoms with Gasteiger partial charge in [-0.25, -0.2) is 0 Å². The first-order valence-electron chi connectivity index (χ1n) is 6.97. The van der Waals surface area contributed by atoms with Crippen LogP contribution in [0, 0.1) is 5.92 Å². The second-order valence-electron chi connectivity index (χ2n) is 5.33. The van der Waals surface area contributed by atoms with E-state index in [9.17, 15) is 4.79 Å². The summed E-state index contributed by atoms with van der Waals surface area (Å²) >= 11 is 1.73. The van der Waals surface area contributed by atoms with E-state index in [2.05, 4.69) is 28.1 Å². The lowest BCUT2D eigenvalue weighted by Gasteiger charge is -2.24. The maximum atomic E-state index is 12.1. The molecule has 104 valence electrons. The fourth-order valence-electron chi connectivity index (χ4n) is 2.53. The molecule has 1 aromatic rings. The second kappa shape index (κ2) is 6.03. The van der Waals surface area contributed by atoms with Crippen LogP contribution in [0.25, 0.3) is 0 Å². The van der Waals surface area contributed by atoms with Gasteiger partial charge in [0, 0.05) is 23.9 Å². The largest absolute Gasteiger partial charge is 0.378 e. The molecule has 1 amide bonds. The zero-order valence-electron chi connectivity index (χ0n) is 10.9. The van der Waals surface area contributed by atoms with Gasteiger partial charge in [-0.15, -0.1) is 11.3 Å². The number of nitrogens with one attached hydrogen (secondary N) is 2. The Hall–Kier alpha value is -0.910. The molecule has 1 aliphatic heterocycles. The van der Waals surface area contributed by atoms with Gasteiger partial charge in [-0.1, -0.05) is 6.07 Å². The quantitative estimate of drug-likeness (QED) is 0.863. The van der Waals surface area contributed by atoms with Crippen molar-refractivity contribution in [3.8, 4) is 0 Å². The lowest BCUT2D eigenvalue weighted by atomic mass is 10.1. The number of hydrogen-bond acceptors (Lipinski definition) is 4. The third-order valence-electron chi connectivity index (χ3n) is 3.69. The van der Waals surface area contributed by atoms with Gasteiger partial charge in [0.1, 0.15) is 0 Å². The first kappa shape index (κ1) is 13.1. The maximum Gasteiger partial charge on any atom is 0.222 e. The highest BCUT2D eigenvalue weighted by atomic mass is 32.1. The highest BCUT2D eigenvalue weighted by molar-refractivity contribution is 7.10. The van der Waals surface area contributed by atoms with Gasteiger partial charge in [0.15, 0.2) is 0 Å². The molecule has 0 aromatic carbocycles. The highest BCUT2D eigenvalue weighted by Gasteiger charge is 2.34. The Morgan fingerprint density at radius 1 is 1.58 bits per heavy atom. The fourth-order valence-corrected chi connectivity index (χ4v) is 3.40. The molecular weight excluding hydrogens is 260 g/mol. The summed E-state index contributed by atoms with van der Waals surface area (Å²) in [5.41, 5.74) is 0. The molecule has 1 saturated heterocycles. The van der Waals surface area contributed by atoms with E-state index in [1.54, 1.807) is 11.3 Å². The van der Waals surface area contributed by atoms with Crippen molar-refractivity contribution >= 4 is 17.2 Å². The molecule has 1 aromatic heterocycles. The van der Waals surface area contributed by atoms with Crippen LogP contribution in [0.5, 0.6) is 0 Å². The predicted octanol–water partition coefficient (Wildman–Crippen LogP) is 1.69. The molecule has 4 nitrogen and oxygen atoms in total. The highest BCUT2D eigenvalue weighted by Crippen LogP contribution is 2.42. The third kappa shape index (κ3) is 3.55. The van der Waals surface area contributed by atoms with Gasteiger partial charge >= 0.3 is 0 Å². The number of carbonyl (C=O) groups is 1. The maximum absolute atomic E-state index is 12.1. The summed E-state index contributed by atoms with van der Waals surface area (Å²) < 4.78 is 5.38. The average Bonchev–Trinajstić information content (AvgIpc) is 3.12. The number of morpholine rings is 1. The van der Waals surface area contributed by atoms with Gasteiger partial charge in [0.2, 0.25) is 5.91 Å². The summed E-state index contributed by atoms with van der Waals surface area (Å²) in [7, 11) is 0. The van der Waals surface area contributed by atoms with Crippen LogP contribution in [0.2, 0.25) is 0 Å². The molecule has 2 N–H and O–H groups in total. The smallest absolute Gasteiger partial charge is 0.222 e. The zero-order chi connectivity index (χ0) is 13.1. The fraction of sp³-hybridized carbons (Fsp3) is 0.643. The van der Waals surface area contributed by atoms with E-state index in [-0.39, 0.29) is 18.0 Å². The van der Waals surface area contributed by atoms with E-state index in [1.807, 2.05) is 0 Å². The Morgan fingerprint density at radius 2 is 2.47 bits per heavy atom. The molecule has 1 aliphatic carbocycles. The van der Waals surface area contributed by atoms with Gasteiger partial charge in [0.05, 0.1) is 19.3 Å². The molecule has 5 heteroatoms. The van der Waals surface area contributed by atoms with Crippen LogP contribution < -0.4 is 10.6 Å². The molecule has 2 fully saturated rings. The van der Waals surface area contributed by atoms with Crippen molar-refractivity contribution in [1.82, 2.24) is 10.6 Å². The normalized spacial score (nSPS) is 24.9. The summed E-state index contributed by atoms with van der Waals surface area (Å²) in [6, 6.07) is 4.56. The molecule has 0 radical (unpaired) electrons. The van der Waals surface area contributed by atoms with E-state index >= 15 is 0 Å². The Balaban J connectivity index is 1.54. The number of rotatable bonds is 5. The van der Waals surface area contributed by atoms with Crippen molar-refractivity contribution in [2.75, 3.05) is 19.8 Å². The van der Waals surface area contributed by atoms with Gasteiger partial charge in [-0.2, -0.15) is 0 Å². The summed E-state index contributed by atoms with van der Waals surface area (Å²) in [6.07, 6.45) is 2.97. The molecule has 0 bridgehead atoms. The summed E-state index contributed by atoms with van der Waals surface area (Å²) in [5, 5.41) is 8.60. The van der Waals surface area contributed by atoms with E-state index in [0.717, 1.165) is 13.2 Å². The summed E-state index contributed by atoms with van der Waals surface area (Å²) in [5.74, 6) is 0.770. The molecule has 3 rings (SSSR count). The van der Waals surface area contributed by atoms with Crippen LogP contribution in [0.1, 0.15) is 30.2 Å². The van der Waals surface area contributed by atoms with Crippen LogP contribution in [-0.2, 0) is 9.53 Å². The molecule has 2 atom stereocenters. The number of amides is 1. The van der Waals surface area contributed by atoms with Crippen molar-refractivity contribution in [2.45, 2.75) is 31.3 Å². The second-order valence-corrected chi connectivity index (χ2v) is 6.31. The van der Waals surface area contributed by atoms with E-state index in [1.165, 1.54) is 17.7 Å². The summed E-state index contributed by atoms with van der Waals surface area (Å²) in [6.45, 7) is 2.23. The molecule has 2 heterocycles. The van der Waals surface area contributed by atoms with E-state index in [4.69, 9.17) is 4.74 Å². The molecule has 2 aliphatic rings. The number of ether oxygens (including phenoxy) is 1. The van der Waals surface area contributed by atoms with E-state index in [0.29, 0.717) is 18.9 Å².